The lowest BCUT2D eigenvalue weighted by Crippen LogP contribution is -2.34. The Hall–Kier alpha value is -1.31. The van der Waals surface area contributed by atoms with Crippen LogP contribution in [0.2, 0.25) is 0 Å². The van der Waals surface area contributed by atoms with Crippen molar-refractivity contribution in [1.29, 1.82) is 0 Å². The van der Waals surface area contributed by atoms with Gasteiger partial charge in [0.05, 0.1) is 23.8 Å². The number of hydrogen-bond acceptors (Lipinski definition) is 7. The van der Waals surface area contributed by atoms with Gasteiger partial charge in [-0.15, -0.1) is 11.3 Å². The number of aromatic nitrogens is 3. The first-order valence-electron chi connectivity index (χ1n) is 7.46. The zero-order valence-corrected chi connectivity index (χ0v) is 13.1. The highest BCUT2D eigenvalue weighted by Crippen LogP contribution is 2.29. The number of rotatable bonds is 5. The first-order chi connectivity index (χ1) is 10.3. The molecule has 2 aromatic heterocycles. The van der Waals surface area contributed by atoms with Crippen LogP contribution in [0.15, 0.2) is 9.90 Å². The predicted octanol–water partition coefficient (Wildman–Crippen LogP) is 1.93. The maximum Gasteiger partial charge on any atom is 0.240 e. The van der Waals surface area contributed by atoms with E-state index >= 15 is 0 Å². The van der Waals surface area contributed by atoms with Crippen LogP contribution in [-0.2, 0) is 19.5 Å². The molecule has 0 spiro atoms. The Labute approximate surface area is 128 Å². The molecule has 1 aliphatic rings. The van der Waals surface area contributed by atoms with Crippen LogP contribution in [0.3, 0.4) is 0 Å². The largest absolute Gasteiger partial charge is 0.338 e. The van der Waals surface area contributed by atoms with Crippen molar-refractivity contribution in [2.24, 2.45) is 5.73 Å². The standard InChI is InChI=1S/C14H21N5OS/c1-2-11-9-21-14(16-11)10-4-3-5-19(7-10)8-12-17-13(6-15)20-18-12/h9-10H,2-8,15H2,1H3. The van der Waals surface area contributed by atoms with E-state index in [1.807, 2.05) is 0 Å². The van der Waals surface area contributed by atoms with Gasteiger partial charge in [0.1, 0.15) is 0 Å². The molecule has 1 unspecified atom stereocenters. The second-order valence-electron chi connectivity index (χ2n) is 5.41. The molecule has 2 aromatic rings. The molecule has 1 saturated heterocycles. The van der Waals surface area contributed by atoms with Gasteiger partial charge in [-0.05, 0) is 25.8 Å². The smallest absolute Gasteiger partial charge is 0.240 e. The Kier molecular flexibility index (Phi) is 4.62. The van der Waals surface area contributed by atoms with E-state index in [1.165, 1.54) is 23.5 Å². The minimum atomic E-state index is 0.300. The van der Waals surface area contributed by atoms with Gasteiger partial charge >= 0.3 is 0 Å². The van der Waals surface area contributed by atoms with Crippen molar-refractivity contribution in [1.82, 2.24) is 20.0 Å². The van der Waals surface area contributed by atoms with Crippen molar-refractivity contribution in [3.8, 4) is 0 Å². The number of nitrogens with zero attached hydrogens (tertiary/aromatic N) is 4. The summed E-state index contributed by atoms with van der Waals surface area (Å²) in [5.74, 6) is 1.76. The van der Waals surface area contributed by atoms with Crippen LogP contribution in [-0.4, -0.2) is 33.1 Å². The summed E-state index contributed by atoms with van der Waals surface area (Å²) in [6.45, 7) is 5.27. The van der Waals surface area contributed by atoms with E-state index in [-0.39, 0.29) is 0 Å². The van der Waals surface area contributed by atoms with Crippen molar-refractivity contribution < 1.29 is 4.52 Å². The lowest BCUT2D eigenvalue weighted by Gasteiger charge is -2.30. The number of thiazole rings is 1. The molecule has 114 valence electrons. The van der Waals surface area contributed by atoms with Crippen molar-refractivity contribution in [3.05, 3.63) is 27.8 Å². The maximum atomic E-state index is 5.49. The van der Waals surface area contributed by atoms with Gasteiger partial charge < -0.3 is 10.3 Å². The van der Waals surface area contributed by atoms with Crippen molar-refractivity contribution >= 4 is 11.3 Å². The molecule has 3 heterocycles. The van der Waals surface area contributed by atoms with Crippen LogP contribution < -0.4 is 5.73 Å². The number of aryl methyl sites for hydroxylation is 1. The van der Waals surface area contributed by atoms with Gasteiger partial charge in [-0.1, -0.05) is 12.1 Å². The Morgan fingerprint density at radius 1 is 1.48 bits per heavy atom. The molecular formula is C14H21N5OS. The molecule has 0 aliphatic carbocycles. The first kappa shape index (κ1) is 14.6. The van der Waals surface area contributed by atoms with Gasteiger partial charge in [0.25, 0.3) is 0 Å². The molecule has 1 fully saturated rings. The summed E-state index contributed by atoms with van der Waals surface area (Å²) in [7, 11) is 0. The first-order valence-corrected chi connectivity index (χ1v) is 8.34. The Balaban J connectivity index is 1.62. The van der Waals surface area contributed by atoms with Crippen LogP contribution >= 0.6 is 11.3 Å². The Bertz CT molecular complexity index is 581. The molecule has 2 N–H and O–H groups in total. The Morgan fingerprint density at radius 3 is 3.10 bits per heavy atom. The third-order valence-corrected chi connectivity index (χ3v) is 4.89. The molecule has 6 nitrogen and oxygen atoms in total. The second kappa shape index (κ2) is 6.64. The second-order valence-corrected chi connectivity index (χ2v) is 6.30. The summed E-state index contributed by atoms with van der Waals surface area (Å²) in [6.07, 6.45) is 3.42. The zero-order chi connectivity index (χ0) is 14.7. The third-order valence-electron chi connectivity index (χ3n) is 3.84. The number of piperidine rings is 1. The zero-order valence-electron chi connectivity index (χ0n) is 12.3. The van der Waals surface area contributed by atoms with E-state index in [1.54, 1.807) is 11.3 Å². The van der Waals surface area contributed by atoms with Gasteiger partial charge in [-0.2, -0.15) is 4.98 Å². The fraction of sp³-hybridized carbons (Fsp3) is 0.643. The fourth-order valence-electron chi connectivity index (χ4n) is 2.71. The van der Waals surface area contributed by atoms with Crippen molar-refractivity contribution in [2.75, 3.05) is 13.1 Å². The van der Waals surface area contributed by atoms with E-state index in [4.69, 9.17) is 15.2 Å². The molecule has 0 saturated carbocycles. The molecule has 7 heteroatoms. The molecular weight excluding hydrogens is 286 g/mol. The highest BCUT2D eigenvalue weighted by atomic mass is 32.1. The van der Waals surface area contributed by atoms with Crippen molar-refractivity contribution in [3.63, 3.8) is 0 Å². The average Bonchev–Trinajstić information content (AvgIpc) is 3.16. The van der Waals surface area contributed by atoms with Gasteiger partial charge in [0.15, 0.2) is 5.82 Å². The van der Waals surface area contributed by atoms with Crippen LogP contribution in [0.1, 0.15) is 48.1 Å². The SMILES string of the molecule is CCc1csc(C2CCCN(Cc3noc(CN)n3)C2)n1. The van der Waals surface area contributed by atoms with Gasteiger partial charge in [-0.3, -0.25) is 4.90 Å². The van der Waals surface area contributed by atoms with E-state index in [9.17, 15) is 0 Å². The molecule has 0 aromatic carbocycles. The maximum absolute atomic E-state index is 5.49. The lowest BCUT2D eigenvalue weighted by molar-refractivity contribution is 0.193. The molecule has 1 atom stereocenters. The van der Waals surface area contributed by atoms with Gasteiger partial charge in [0.2, 0.25) is 5.89 Å². The normalized spacial score (nSPS) is 20.0. The topological polar surface area (TPSA) is 81.1 Å². The average molecular weight is 307 g/mol. The molecule has 1 aliphatic heterocycles. The third kappa shape index (κ3) is 3.48. The summed E-state index contributed by atoms with van der Waals surface area (Å²) in [5, 5.41) is 7.43. The monoisotopic (exact) mass is 307 g/mol. The summed E-state index contributed by atoms with van der Waals surface area (Å²) in [6, 6.07) is 0. The molecule has 3 rings (SSSR count). The highest BCUT2D eigenvalue weighted by Gasteiger charge is 2.24. The van der Waals surface area contributed by atoms with Gasteiger partial charge in [0, 0.05) is 17.8 Å². The van der Waals surface area contributed by atoms with E-state index in [0.29, 0.717) is 18.4 Å². The minimum absolute atomic E-state index is 0.300. The van der Waals surface area contributed by atoms with E-state index < -0.39 is 0 Å². The van der Waals surface area contributed by atoms with Crippen LogP contribution in [0.5, 0.6) is 0 Å². The van der Waals surface area contributed by atoms with Crippen molar-refractivity contribution in [2.45, 2.75) is 45.2 Å². The number of hydrogen-bond donors (Lipinski definition) is 1. The lowest BCUT2D eigenvalue weighted by atomic mass is 9.99. The van der Waals surface area contributed by atoms with E-state index in [2.05, 4.69) is 27.3 Å². The molecule has 0 amide bonds. The molecule has 21 heavy (non-hydrogen) atoms. The van der Waals surface area contributed by atoms with E-state index in [0.717, 1.165) is 31.9 Å². The van der Waals surface area contributed by atoms with Crippen LogP contribution in [0.25, 0.3) is 0 Å². The molecule has 0 bridgehead atoms. The number of nitrogens with two attached hydrogens (primary N) is 1. The highest BCUT2D eigenvalue weighted by molar-refractivity contribution is 7.09. The van der Waals surface area contributed by atoms with Crippen LogP contribution in [0, 0.1) is 0 Å². The fourth-order valence-corrected chi connectivity index (χ4v) is 3.74. The minimum Gasteiger partial charge on any atom is -0.338 e. The summed E-state index contributed by atoms with van der Waals surface area (Å²) >= 11 is 1.79. The summed E-state index contributed by atoms with van der Waals surface area (Å²) in [4.78, 5) is 11.4. The predicted molar refractivity (Wildman–Crippen MR) is 80.9 cm³/mol. The summed E-state index contributed by atoms with van der Waals surface area (Å²) < 4.78 is 5.06. The Morgan fingerprint density at radius 2 is 2.38 bits per heavy atom. The quantitative estimate of drug-likeness (QED) is 0.909. The molecule has 0 radical (unpaired) electrons. The summed E-state index contributed by atoms with van der Waals surface area (Å²) in [5.41, 5.74) is 6.70. The number of likely N-dealkylation sites (tertiary alicyclic amines) is 1. The van der Waals surface area contributed by atoms with Crippen LogP contribution in [0.4, 0.5) is 0 Å². The van der Waals surface area contributed by atoms with Gasteiger partial charge in [-0.25, -0.2) is 4.98 Å².